The molecule has 0 aromatic rings. The van der Waals surface area contributed by atoms with Crippen LogP contribution >= 0.6 is 0 Å². The standard InChI is InChI=1S/C20H37N3O6/c1-2-3-4-8-13-21-18(24)28-16-11-6-5-9-14-22-19(25)29-17-12-7-10-15-23(17)20(26)27/h17H,2-16H2,1H3,(H,21,24)(H,22,25)(H,26,27). The summed E-state index contributed by atoms with van der Waals surface area (Å²) >= 11 is 0. The third-order valence-corrected chi connectivity index (χ3v) is 4.81. The molecule has 168 valence electrons. The molecule has 1 aliphatic rings. The van der Waals surface area contributed by atoms with Crippen molar-refractivity contribution >= 4 is 18.3 Å². The van der Waals surface area contributed by atoms with Gasteiger partial charge in [0.15, 0.2) is 6.23 Å². The molecule has 0 radical (unpaired) electrons. The van der Waals surface area contributed by atoms with Crippen molar-refractivity contribution in [1.82, 2.24) is 15.5 Å². The molecule has 1 heterocycles. The molecule has 1 saturated heterocycles. The Labute approximate surface area is 173 Å². The second-order valence-corrected chi connectivity index (χ2v) is 7.30. The third-order valence-electron chi connectivity index (χ3n) is 4.81. The number of carbonyl (C=O) groups is 3. The van der Waals surface area contributed by atoms with E-state index in [2.05, 4.69) is 17.6 Å². The second-order valence-electron chi connectivity index (χ2n) is 7.30. The van der Waals surface area contributed by atoms with Crippen molar-refractivity contribution < 1.29 is 29.0 Å². The highest BCUT2D eigenvalue weighted by Crippen LogP contribution is 2.18. The summed E-state index contributed by atoms with van der Waals surface area (Å²) in [7, 11) is 0. The fourth-order valence-electron chi connectivity index (χ4n) is 3.14. The summed E-state index contributed by atoms with van der Waals surface area (Å²) in [5, 5.41) is 14.5. The lowest BCUT2D eigenvalue weighted by atomic mass is 10.1. The summed E-state index contributed by atoms with van der Waals surface area (Å²) in [5.41, 5.74) is 0. The van der Waals surface area contributed by atoms with Crippen LogP contribution in [0.3, 0.4) is 0 Å². The van der Waals surface area contributed by atoms with Gasteiger partial charge in [-0.3, -0.25) is 4.90 Å². The fraction of sp³-hybridized carbons (Fsp3) is 0.850. The second kappa shape index (κ2) is 15.7. The van der Waals surface area contributed by atoms with Crippen molar-refractivity contribution in [3.05, 3.63) is 0 Å². The Bertz CT molecular complexity index is 489. The van der Waals surface area contributed by atoms with Crippen LogP contribution in [0, 0.1) is 0 Å². The van der Waals surface area contributed by atoms with E-state index in [-0.39, 0.29) is 6.09 Å². The first-order valence-corrected chi connectivity index (χ1v) is 10.9. The molecule has 3 amide bonds. The first-order chi connectivity index (χ1) is 14.0. The van der Waals surface area contributed by atoms with E-state index in [1.807, 2.05) is 0 Å². The molecule has 9 nitrogen and oxygen atoms in total. The lowest BCUT2D eigenvalue weighted by Gasteiger charge is -2.32. The van der Waals surface area contributed by atoms with Crippen molar-refractivity contribution in [1.29, 1.82) is 0 Å². The number of nitrogens with zero attached hydrogens (tertiary/aromatic N) is 1. The van der Waals surface area contributed by atoms with Crippen molar-refractivity contribution in [2.75, 3.05) is 26.2 Å². The number of nitrogens with one attached hydrogen (secondary N) is 2. The molecule has 29 heavy (non-hydrogen) atoms. The number of unbranched alkanes of at least 4 members (excludes halogenated alkanes) is 6. The van der Waals surface area contributed by atoms with E-state index in [9.17, 15) is 14.4 Å². The molecule has 0 saturated carbocycles. The molecule has 1 rings (SSSR count). The first-order valence-electron chi connectivity index (χ1n) is 10.9. The Morgan fingerprint density at radius 1 is 0.931 bits per heavy atom. The van der Waals surface area contributed by atoms with E-state index >= 15 is 0 Å². The molecular formula is C20H37N3O6. The van der Waals surface area contributed by atoms with Gasteiger partial charge in [-0.05, 0) is 38.5 Å². The molecule has 1 aliphatic heterocycles. The van der Waals surface area contributed by atoms with Crippen LogP contribution in [0.1, 0.15) is 77.6 Å². The zero-order chi connectivity index (χ0) is 21.3. The molecule has 3 N–H and O–H groups in total. The highest BCUT2D eigenvalue weighted by molar-refractivity contribution is 5.69. The van der Waals surface area contributed by atoms with Gasteiger partial charge in [0.25, 0.3) is 0 Å². The van der Waals surface area contributed by atoms with Crippen LogP contribution in [0.25, 0.3) is 0 Å². The minimum absolute atomic E-state index is 0.357. The van der Waals surface area contributed by atoms with Crippen LogP contribution in [0.15, 0.2) is 0 Å². The van der Waals surface area contributed by atoms with Gasteiger partial charge in [-0.25, -0.2) is 14.4 Å². The molecular weight excluding hydrogens is 378 g/mol. The number of piperidine rings is 1. The maximum atomic E-state index is 11.8. The minimum atomic E-state index is -1.06. The van der Waals surface area contributed by atoms with E-state index in [0.717, 1.165) is 51.4 Å². The van der Waals surface area contributed by atoms with Crippen LogP contribution in [-0.2, 0) is 9.47 Å². The van der Waals surface area contributed by atoms with Crippen molar-refractivity contribution in [2.24, 2.45) is 0 Å². The lowest BCUT2D eigenvalue weighted by Crippen LogP contribution is -2.46. The normalized spacial score (nSPS) is 16.2. The third kappa shape index (κ3) is 12.1. The number of hydrogen-bond donors (Lipinski definition) is 3. The quantitative estimate of drug-likeness (QED) is 0.390. The number of carbonyl (C=O) groups excluding carboxylic acids is 2. The summed E-state index contributed by atoms with van der Waals surface area (Å²) in [5.74, 6) is 0. The Balaban J connectivity index is 1.95. The SMILES string of the molecule is CCCCCCNC(=O)OCCCCCCNC(=O)OC1CCCCN1C(=O)O. The Morgan fingerprint density at radius 3 is 2.28 bits per heavy atom. The maximum absolute atomic E-state index is 11.8. The number of hydrogen-bond acceptors (Lipinski definition) is 5. The number of amides is 3. The smallest absolute Gasteiger partial charge is 0.410 e. The molecule has 1 unspecified atom stereocenters. The van der Waals surface area contributed by atoms with Gasteiger partial charge in [0.2, 0.25) is 0 Å². The molecule has 1 fully saturated rings. The predicted molar refractivity (Wildman–Crippen MR) is 109 cm³/mol. The molecule has 0 bridgehead atoms. The van der Waals surface area contributed by atoms with Crippen LogP contribution in [0.2, 0.25) is 0 Å². The first kappa shape index (κ1) is 24.8. The van der Waals surface area contributed by atoms with Crippen molar-refractivity contribution in [3.63, 3.8) is 0 Å². The number of carboxylic acid groups (broad SMARTS) is 1. The summed E-state index contributed by atoms with van der Waals surface area (Å²) in [6, 6.07) is 0. The number of ether oxygens (including phenoxy) is 2. The van der Waals surface area contributed by atoms with E-state index in [1.165, 1.54) is 17.7 Å². The molecule has 0 aromatic heterocycles. The summed E-state index contributed by atoms with van der Waals surface area (Å²) in [4.78, 5) is 35.6. The minimum Gasteiger partial charge on any atom is -0.465 e. The highest BCUT2D eigenvalue weighted by atomic mass is 16.6. The molecule has 0 spiro atoms. The van der Waals surface area contributed by atoms with Crippen LogP contribution in [0.5, 0.6) is 0 Å². The van der Waals surface area contributed by atoms with E-state index < -0.39 is 18.4 Å². The number of likely N-dealkylation sites (tertiary alicyclic amines) is 1. The van der Waals surface area contributed by atoms with Gasteiger partial charge >= 0.3 is 18.3 Å². The van der Waals surface area contributed by atoms with E-state index in [1.54, 1.807) is 0 Å². The highest BCUT2D eigenvalue weighted by Gasteiger charge is 2.29. The van der Waals surface area contributed by atoms with Gasteiger partial charge in [-0.2, -0.15) is 0 Å². The van der Waals surface area contributed by atoms with Crippen LogP contribution in [0.4, 0.5) is 14.4 Å². The number of alkyl carbamates (subject to hydrolysis) is 2. The van der Waals surface area contributed by atoms with Crippen LogP contribution < -0.4 is 10.6 Å². The van der Waals surface area contributed by atoms with Crippen LogP contribution in [-0.4, -0.2) is 60.8 Å². The number of rotatable bonds is 13. The van der Waals surface area contributed by atoms with Crippen molar-refractivity contribution in [3.8, 4) is 0 Å². The largest absolute Gasteiger partial charge is 0.465 e. The van der Waals surface area contributed by atoms with Gasteiger partial charge in [-0.1, -0.05) is 32.6 Å². The zero-order valence-electron chi connectivity index (χ0n) is 17.6. The molecule has 1 atom stereocenters. The van der Waals surface area contributed by atoms with Crippen molar-refractivity contribution in [2.45, 2.75) is 83.8 Å². The average Bonchev–Trinajstić information content (AvgIpc) is 2.70. The maximum Gasteiger partial charge on any atom is 0.410 e. The Morgan fingerprint density at radius 2 is 1.59 bits per heavy atom. The summed E-state index contributed by atoms with van der Waals surface area (Å²) < 4.78 is 10.3. The predicted octanol–water partition coefficient (Wildman–Crippen LogP) is 4.07. The zero-order valence-corrected chi connectivity index (χ0v) is 17.6. The monoisotopic (exact) mass is 415 g/mol. The average molecular weight is 416 g/mol. The van der Waals surface area contributed by atoms with E-state index in [0.29, 0.717) is 32.7 Å². The Kier molecular flexibility index (Phi) is 13.5. The molecule has 0 aliphatic carbocycles. The van der Waals surface area contributed by atoms with Gasteiger partial charge in [-0.15, -0.1) is 0 Å². The van der Waals surface area contributed by atoms with Gasteiger partial charge in [0.1, 0.15) is 0 Å². The summed E-state index contributed by atoms with van der Waals surface area (Å²) in [6.45, 7) is 4.06. The lowest BCUT2D eigenvalue weighted by molar-refractivity contribution is -0.0245. The molecule has 9 heteroatoms. The topological polar surface area (TPSA) is 117 Å². The van der Waals surface area contributed by atoms with Gasteiger partial charge in [0, 0.05) is 26.1 Å². The van der Waals surface area contributed by atoms with E-state index in [4.69, 9.17) is 14.6 Å². The Hall–Kier alpha value is -2.19. The fourth-order valence-corrected chi connectivity index (χ4v) is 3.14. The molecule has 0 aromatic carbocycles. The van der Waals surface area contributed by atoms with Gasteiger partial charge < -0.3 is 25.2 Å². The summed E-state index contributed by atoms with van der Waals surface area (Å²) in [6.07, 6.45) is 7.29. The van der Waals surface area contributed by atoms with Gasteiger partial charge in [0.05, 0.1) is 6.61 Å².